The van der Waals surface area contributed by atoms with E-state index in [1.54, 1.807) is 26.1 Å². The van der Waals surface area contributed by atoms with Gasteiger partial charge in [0.1, 0.15) is 12.1 Å². The first-order valence-corrected chi connectivity index (χ1v) is 9.42. The fraction of sp³-hybridized carbons (Fsp3) is 0.333. The normalized spacial score (nSPS) is 12.0. The number of halogens is 3. The van der Waals surface area contributed by atoms with Crippen LogP contribution in [0.3, 0.4) is 0 Å². The highest BCUT2D eigenvalue weighted by molar-refractivity contribution is 5.77. The molecule has 160 valence electrons. The highest BCUT2D eigenvalue weighted by Crippen LogP contribution is 2.32. The number of hydrogen-bond donors (Lipinski definition) is 2. The summed E-state index contributed by atoms with van der Waals surface area (Å²) in [6.45, 7) is 3.10. The van der Waals surface area contributed by atoms with E-state index >= 15 is 0 Å². The van der Waals surface area contributed by atoms with Crippen LogP contribution in [0, 0.1) is 0 Å². The largest absolute Gasteiger partial charge is 0.416 e. The number of carbonyl (C=O) groups is 1. The van der Waals surface area contributed by atoms with Gasteiger partial charge >= 0.3 is 6.18 Å². The number of alkyl halides is 3. The summed E-state index contributed by atoms with van der Waals surface area (Å²) in [4.78, 5) is 25.5. The molecule has 9 heteroatoms. The molecule has 2 aromatic heterocycles. The molecule has 6 nitrogen and oxygen atoms in total. The van der Waals surface area contributed by atoms with Gasteiger partial charge in [0.25, 0.3) is 5.56 Å². The summed E-state index contributed by atoms with van der Waals surface area (Å²) in [7, 11) is 0. The zero-order valence-electron chi connectivity index (χ0n) is 16.5. The molecule has 0 radical (unpaired) electrons. The number of fused-ring (bicyclic) bond motifs is 1. The molecule has 30 heavy (non-hydrogen) atoms. The quantitative estimate of drug-likeness (QED) is 0.643. The van der Waals surface area contributed by atoms with Gasteiger partial charge in [-0.25, -0.2) is 0 Å². The molecular formula is C21H22F3N3O3. The fourth-order valence-electron chi connectivity index (χ4n) is 3.28. The third-order valence-electron chi connectivity index (χ3n) is 4.56. The summed E-state index contributed by atoms with van der Waals surface area (Å²) < 4.78 is 42.3. The van der Waals surface area contributed by atoms with E-state index in [9.17, 15) is 22.8 Å². The number of amides is 1. The third kappa shape index (κ3) is 4.56. The predicted octanol–water partition coefficient (Wildman–Crippen LogP) is 2.85. The molecule has 3 rings (SSSR count). The van der Waals surface area contributed by atoms with E-state index in [1.807, 2.05) is 0 Å². The highest BCUT2D eigenvalue weighted by Gasteiger charge is 2.30. The van der Waals surface area contributed by atoms with Crippen molar-refractivity contribution in [1.82, 2.24) is 14.3 Å². The first kappa shape index (κ1) is 21.6. The molecule has 0 unspecified atom stereocenters. The van der Waals surface area contributed by atoms with Gasteiger partial charge in [0.05, 0.1) is 11.3 Å². The van der Waals surface area contributed by atoms with Gasteiger partial charge in [-0.2, -0.15) is 13.2 Å². The number of aliphatic hydroxyl groups excluding tert-OH is 1. The number of nitrogens with zero attached hydrogens (tertiary/aromatic N) is 2. The van der Waals surface area contributed by atoms with E-state index in [1.165, 1.54) is 27.3 Å². The summed E-state index contributed by atoms with van der Waals surface area (Å²) in [6.07, 6.45) is -1.05. The van der Waals surface area contributed by atoms with Crippen LogP contribution in [-0.4, -0.2) is 32.6 Å². The Hall–Kier alpha value is -3.07. The van der Waals surface area contributed by atoms with E-state index in [0.717, 1.165) is 12.1 Å². The van der Waals surface area contributed by atoms with E-state index < -0.39 is 23.2 Å². The highest BCUT2D eigenvalue weighted by atomic mass is 19.4. The molecule has 0 spiro atoms. The topological polar surface area (TPSA) is 75.7 Å². The first-order chi connectivity index (χ1) is 14.1. The van der Waals surface area contributed by atoms with Crippen LogP contribution in [0.25, 0.3) is 16.8 Å². The summed E-state index contributed by atoms with van der Waals surface area (Å²) in [5.74, 6) is -0.424. The van der Waals surface area contributed by atoms with Gasteiger partial charge in [0, 0.05) is 30.6 Å². The lowest BCUT2D eigenvalue weighted by Gasteiger charge is -2.16. The Morgan fingerprint density at radius 1 is 1.20 bits per heavy atom. The molecule has 0 bridgehead atoms. The van der Waals surface area contributed by atoms with Gasteiger partial charge in [0.2, 0.25) is 5.91 Å². The molecule has 0 fully saturated rings. The second-order valence-corrected chi connectivity index (χ2v) is 7.32. The Balaban J connectivity index is 2.21. The average molecular weight is 421 g/mol. The van der Waals surface area contributed by atoms with E-state index in [2.05, 4.69) is 5.32 Å². The van der Waals surface area contributed by atoms with Crippen LogP contribution >= 0.6 is 0 Å². The Morgan fingerprint density at radius 2 is 1.93 bits per heavy atom. The number of carbonyl (C=O) groups excluding carboxylic acids is 1. The molecule has 0 saturated heterocycles. The summed E-state index contributed by atoms with van der Waals surface area (Å²) in [5, 5.41) is 11.8. The molecule has 0 aliphatic carbocycles. The van der Waals surface area contributed by atoms with Crippen molar-refractivity contribution < 1.29 is 23.1 Å². The van der Waals surface area contributed by atoms with Crippen molar-refractivity contribution in [1.29, 1.82) is 0 Å². The van der Waals surface area contributed by atoms with Crippen LogP contribution in [0.5, 0.6) is 0 Å². The Kier molecular flexibility index (Phi) is 6.02. The second kappa shape index (κ2) is 8.35. The Bertz CT molecular complexity index is 1130. The Labute approximate surface area is 170 Å². The van der Waals surface area contributed by atoms with Gasteiger partial charge in [-0.1, -0.05) is 12.1 Å². The number of rotatable bonds is 6. The monoisotopic (exact) mass is 421 g/mol. The minimum atomic E-state index is -4.54. The Morgan fingerprint density at radius 3 is 2.57 bits per heavy atom. The lowest BCUT2D eigenvalue weighted by atomic mass is 10.1. The van der Waals surface area contributed by atoms with E-state index in [-0.39, 0.29) is 36.0 Å². The van der Waals surface area contributed by atoms with Gasteiger partial charge < -0.3 is 14.8 Å². The van der Waals surface area contributed by atoms with Crippen molar-refractivity contribution in [2.75, 3.05) is 6.61 Å². The molecule has 3 aromatic rings. The van der Waals surface area contributed by atoms with Crippen molar-refractivity contribution in [3.63, 3.8) is 0 Å². The van der Waals surface area contributed by atoms with Gasteiger partial charge in [-0.3, -0.25) is 14.2 Å². The van der Waals surface area contributed by atoms with E-state index in [4.69, 9.17) is 5.11 Å². The van der Waals surface area contributed by atoms with Crippen LogP contribution in [0.2, 0.25) is 0 Å². The predicted molar refractivity (Wildman–Crippen MR) is 106 cm³/mol. The molecule has 2 N–H and O–H groups in total. The number of aliphatic hydroxyl groups is 1. The molecular weight excluding hydrogens is 399 g/mol. The minimum Gasteiger partial charge on any atom is -0.396 e. The van der Waals surface area contributed by atoms with Crippen LogP contribution in [-0.2, 0) is 23.9 Å². The smallest absolute Gasteiger partial charge is 0.396 e. The van der Waals surface area contributed by atoms with Crippen LogP contribution in [0.15, 0.2) is 47.5 Å². The standard InChI is InChI=1S/C21H22F3N3O3/c1-13(2)25-19(29)12-27-18(15-4-3-5-16(9-15)21(22,23)24)11-26-10-14(6-7-28)8-17(26)20(27)30/h3-5,8-11,13,28H,6-7,12H2,1-2H3,(H,25,29). The maximum Gasteiger partial charge on any atom is 0.416 e. The minimum absolute atomic E-state index is 0.109. The summed E-state index contributed by atoms with van der Waals surface area (Å²) in [6, 6.07) is 6.08. The second-order valence-electron chi connectivity index (χ2n) is 7.32. The first-order valence-electron chi connectivity index (χ1n) is 9.42. The maximum atomic E-state index is 13.2. The fourth-order valence-corrected chi connectivity index (χ4v) is 3.28. The van der Waals surface area contributed by atoms with Crippen LogP contribution in [0.1, 0.15) is 25.0 Å². The molecule has 0 atom stereocenters. The zero-order chi connectivity index (χ0) is 22.1. The maximum absolute atomic E-state index is 13.2. The van der Waals surface area contributed by atoms with Crippen molar-refractivity contribution in [3.05, 3.63) is 64.2 Å². The molecule has 1 amide bonds. The van der Waals surface area contributed by atoms with Crippen molar-refractivity contribution in [3.8, 4) is 11.3 Å². The summed E-state index contributed by atoms with van der Waals surface area (Å²) in [5.41, 5.74) is -0.0325. The van der Waals surface area contributed by atoms with Crippen LogP contribution < -0.4 is 10.9 Å². The lowest BCUT2D eigenvalue weighted by Crippen LogP contribution is -2.36. The number of hydrogen-bond acceptors (Lipinski definition) is 3. The third-order valence-corrected chi connectivity index (χ3v) is 4.56. The van der Waals surface area contributed by atoms with E-state index in [0.29, 0.717) is 12.0 Å². The molecule has 2 heterocycles. The zero-order valence-corrected chi connectivity index (χ0v) is 16.5. The number of benzene rings is 1. The van der Waals surface area contributed by atoms with Gasteiger partial charge in [-0.15, -0.1) is 0 Å². The number of aromatic nitrogens is 2. The van der Waals surface area contributed by atoms with Crippen molar-refractivity contribution >= 4 is 11.4 Å². The SMILES string of the molecule is CC(C)NC(=O)Cn1c(-c2cccc(C(F)(F)F)c2)cn2cc(CCO)cc2c1=O. The molecule has 0 saturated carbocycles. The van der Waals surface area contributed by atoms with Crippen molar-refractivity contribution in [2.45, 2.75) is 39.0 Å². The molecule has 0 aliphatic rings. The lowest BCUT2D eigenvalue weighted by molar-refractivity contribution is -0.137. The van der Waals surface area contributed by atoms with Crippen molar-refractivity contribution in [2.24, 2.45) is 0 Å². The van der Waals surface area contributed by atoms with Gasteiger partial charge in [0.15, 0.2) is 0 Å². The molecule has 1 aromatic carbocycles. The average Bonchev–Trinajstić information content (AvgIpc) is 3.06. The molecule has 0 aliphatic heterocycles. The number of nitrogens with one attached hydrogen (secondary N) is 1. The summed E-state index contributed by atoms with van der Waals surface area (Å²) >= 11 is 0. The van der Waals surface area contributed by atoms with Crippen LogP contribution in [0.4, 0.5) is 13.2 Å². The van der Waals surface area contributed by atoms with Gasteiger partial charge in [-0.05, 0) is 44.0 Å².